The number of ether oxygens (including phenoxy) is 4. The molecule has 3 heterocycles. The number of aliphatic hydroxyl groups is 1. The number of carbonyl (C=O) groups excluding carboxylic acids is 1. The molecule has 4 N–H and O–H groups in total. The molecule has 2 fully saturated rings. The maximum absolute atomic E-state index is 16.5. The normalized spacial score (nSPS) is 34.9. The molecule has 0 bridgehead atoms. The SMILES string of the molecule is C[C@H]1c2c(cccc2C2=NC(F)(OCCO[C@H]3CCCCO3)C(F)(Cl)C=C2C(N)=O)OC1(CNC1CCC(C)(O)CC1)c1ccccc1. The molecule has 3 aliphatic heterocycles. The summed E-state index contributed by atoms with van der Waals surface area (Å²) in [6.45, 7) is 4.40. The van der Waals surface area contributed by atoms with Gasteiger partial charge in [0.15, 0.2) is 11.9 Å². The molecule has 0 spiro atoms. The molecule has 6 rings (SSSR count). The van der Waals surface area contributed by atoms with Gasteiger partial charge in [-0.2, -0.15) is 4.39 Å². The number of fused-ring (bicyclic) bond motifs is 1. The lowest BCUT2D eigenvalue weighted by Crippen LogP contribution is -2.49. The minimum atomic E-state index is -3.40. The van der Waals surface area contributed by atoms with Crippen LogP contribution in [-0.2, 0) is 24.6 Å². The second-order valence-corrected chi connectivity index (χ2v) is 14.1. The molecule has 1 saturated heterocycles. The van der Waals surface area contributed by atoms with E-state index < -0.39 is 34.5 Å². The summed E-state index contributed by atoms with van der Waals surface area (Å²) in [5.41, 5.74) is 5.50. The van der Waals surface area contributed by atoms with Gasteiger partial charge in [0, 0.05) is 36.2 Å². The Morgan fingerprint density at radius 2 is 1.85 bits per heavy atom. The lowest BCUT2D eigenvalue weighted by atomic mass is 9.77. The highest BCUT2D eigenvalue weighted by Gasteiger charge is 2.58. The zero-order chi connectivity index (χ0) is 34.2. The number of nitrogens with one attached hydrogen (secondary N) is 1. The van der Waals surface area contributed by atoms with E-state index in [1.54, 1.807) is 18.2 Å². The molecule has 3 unspecified atom stereocenters. The number of dihydropyridines is 1. The van der Waals surface area contributed by atoms with Crippen molar-refractivity contribution in [1.29, 1.82) is 0 Å². The average molecular weight is 688 g/mol. The maximum Gasteiger partial charge on any atom is 0.360 e. The van der Waals surface area contributed by atoms with Crippen LogP contribution in [-0.4, -0.2) is 72.1 Å². The van der Waals surface area contributed by atoms with Gasteiger partial charge in [-0.15, -0.1) is 0 Å². The predicted octanol–water partition coefficient (Wildman–Crippen LogP) is 5.66. The summed E-state index contributed by atoms with van der Waals surface area (Å²) in [5.74, 6) is -4.26. The predicted molar refractivity (Wildman–Crippen MR) is 177 cm³/mol. The lowest BCUT2D eigenvalue weighted by molar-refractivity contribution is -0.213. The zero-order valence-corrected chi connectivity index (χ0v) is 28.1. The van der Waals surface area contributed by atoms with E-state index in [0.717, 1.165) is 31.2 Å². The van der Waals surface area contributed by atoms with Crippen molar-refractivity contribution in [1.82, 2.24) is 5.32 Å². The average Bonchev–Trinajstić information content (AvgIpc) is 3.37. The monoisotopic (exact) mass is 687 g/mol. The number of primary amides is 1. The highest BCUT2D eigenvalue weighted by molar-refractivity contribution is 6.32. The van der Waals surface area contributed by atoms with Crippen molar-refractivity contribution in [2.75, 3.05) is 26.4 Å². The molecule has 2 aromatic rings. The molecule has 0 aromatic heterocycles. The van der Waals surface area contributed by atoms with Gasteiger partial charge in [0.1, 0.15) is 5.75 Å². The summed E-state index contributed by atoms with van der Waals surface area (Å²) in [6.07, 6.45) is 5.77. The van der Waals surface area contributed by atoms with E-state index in [1.165, 1.54) is 0 Å². The second-order valence-electron chi connectivity index (χ2n) is 13.5. The van der Waals surface area contributed by atoms with Crippen LogP contribution < -0.4 is 15.8 Å². The molecule has 1 amide bonds. The number of hydrogen-bond donors (Lipinski definition) is 3. The van der Waals surface area contributed by atoms with Gasteiger partial charge in [-0.3, -0.25) is 4.79 Å². The van der Waals surface area contributed by atoms with Gasteiger partial charge in [0.25, 0.3) is 11.0 Å². The van der Waals surface area contributed by atoms with Gasteiger partial charge in [0.05, 0.1) is 30.1 Å². The van der Waals surface area contributed by atoms with Crippen LogP contribution in [0, 0.1) is 0 Å². The van der Waals surface area contributed by atoms with E-state index in [1.807, 2.05) is 44.2 Å². The molecular weight excluding hydrogens is 644 g/mol. The summed E-state index contributed by atoms with van der Waals surface area (Å²) in [6, 6.07) is 15.2. The molecule has 0 radical (unpaired) electrons. The van der Waals surface area contributed by atoms with Crippen molar-refractivity contribution in [2.45, 2.75) is 99.4 Å². The third-order valence-corrected chi connectivity index (χ3v) is 10.4. The third kappa shape index (κ3) is 6.90. The fourth-order valence-electron chi connectivity index (χ4n) is 7.20. The van der Waals surface area contributed by atoms with Gasteiger partial charge in [-0.05, 0) is 69.6 Å². The number of nitrogens with zero attached hydrogens (tertiary/aromatic N) is 1. The molecule has 1 saturated carbocycles. The van der Waals surface area contributed by atoms with Crippen LogP contribution >= 0.6 is 11.6 Å². The molecule has 5 atom stereocenters. The topological polar surface area (TPSA) is 125 Å². The number of halogens is 3. The van der Waals surface area contributed by atoms with Gasteiger partial charge in [-0.25, -0.2) is 9.38 Å². The number of nitrogens with two attached hydrogens (primary N) is 1. The van der Waals surface area contributed by atoms with Crippen molar-refractivity contribution in [3.63, 3.8) is 0 Å². The number of hydrogen-bond acceptors (Lipinski definition) is 8. The molecule has 1 aliphatic carbocycles. The minimum absolute atomic E-state index is 0.0860. The standard InChI is InChI=1S/C36H44ClF2N3O6/c1-23-30-26(31-27(32(40)43)21-35(37,38)36(39,42-31)47-20-19-46-29-13-6-7-18-45-29)11-8-12-28(30)48-34(23,24-9-4-3-5-10-24)22-41-25-14-16-33(2,44)17-15-25/h3-5,8-12,21,23,25,29,41,44H,6-7,13-20,22H2,1-2H3,(H2,40,43)/t23-,25?,29-,33?,34?,35?,36?/m0/s1. The van der Waals surface area contributed by atoms with Gasteiger partial charge < -0.3 is 35.1 Å². The van der Waals surface area contributed by atoms with Crippen molar-refractivity contribution in [2.24, 2.45) is 10.7 Å². The van der Waals surface area contributed by atoms with E-state index >= 15 is 8.78 Å². The van der Waals surface area contributed by atoms with E-state index in [4.69, 9.17) is 36.3 Å². The molecule has 4 aliphatic rings. The van der Waals surface area contributed by atoms with Crippen LogP contribution in [0.4, 0.5) is 8.78 Å². The van der Waals surface area contributed by atoms with E-state index in [-0.39, 0.29) is 36.5 Å². The first-order valence-electron chi connectivity index (χ1n) is 16.7. The minimum Gasteiger partial charge on any atom is -0.480 e. The first-order chi connectivity index (χ1) is 22.8. The van der Waals surface area contributed by atoms with Gasteiger partial charge in [-0.1, -0.05) is 61.0 Å². The summed E-state index contributed by atoms with van der Waals surface area (Å²) in [7, 11) is 0. The Labute approximate surface area is 284 Å². The Hall–Kier alpha value is -2.93. The Balaban J connectivity index is 1.32. The molecule has 12 heteroatoms. The largest absolute Gasteiger partial charge is 0.480 e. The molecule has 48 heavy (non-hydrogen) atoms. The van der Waals surface area contributed by atoms with Crippen molar-refractivity contribution >= 4 is 23.2 Å². The summed E-state index contributed by atoms with van der Waals surface area (Å²) in [5, 5.41) is 10.8. The smallest absolute Gasteiger partial charge is 0.360 e. The van der Waals surface area contributed by atoms with Gasteiger partial charge >= 0.3 is 5.98 Å². The number of benzene rings is 2. The quantitative estimate of drug-likeness (QED) is 0.158. The third-order valence-electron chi connectivity index (χ3n) is 10.1. The highest BCUT2D eigenvalue weighted by Crippen LogP contribution is 2.53. The van der Waals surface area contributed by atoms with Crippen LogP contribution in [0.5, 0.6) is 5.75 Å². The number of alkyl halides is 3. The fraction of sp³-hybridized carbons (Fsp3) is 0.556. The molecule has 9 nitrogen and oxygen atoms in total. The Bertz CT molecular complexity index is 1540. The van der Waals surface area contributed by atoms with Crippen molar-refractivity contribution in [3.05, 3.63) is 76.9 Å². The van der Waals surface area contributed by atoms with Gasteiger partial charge in [0.2, 0.25) is 0 Å². The van der Waals surface area contributed by atoms with Crippen molar-refractivity contribution < 1.29 is 37.6 Å². The summed E-state index contributed by atoms with van der Waals surface area (Å²) in [4.78, 5) is 16.8. The molecular formula is C36H44ClF2N3O6. The van der Waals surface area contributed by atoms with Crippen LogP contribution in [0.15, 0.2) is 65.2 Å². The number of rotatable bonds is 11. The van der Waals surface area contributed by atoms with Crippen LogP contribution in [0.1, 0.15) is 81.4 Å². The Morgan fingerprint density at radius 1 is 1.10 bits per heavy atom. The van der Waals surface area contributed by atoms with E-state index in [0.29, 0.717) is 55.4 Å². The fourth-order valence-corrected chi connectivity index (χ4v) is 7.41. The first kappa shape index (κ1) is 34.9. The second kappa shape index (κ2) is 13.8. The first-order valence-corrected chi connectivity index (χ1v) is 17.1. The maximum atomic E-state index is 16.5. The van der Waals surface area contributed by atoms with E-state index in [2.05, 4.69) is 10.3 Å². The summed E-state index contributed by atoms with van der Waals surface area (Å²) < 4.78 is 55.6. The van der Waals surface area contributed by atoms with Crippen LogP contribution in [0.25, 0.3) is 0 Å². The summed E-state index contributed by atoms with van der Waals surface area (Å²) >= 11 is 6.03. The lowest BCUT2D eigenvalue weighted by Gasteiger charge is -2.38. The number of amides is 1. The Morgan fingerprint density at radius 3 is 2.54 bits per heavy atom. The highest BCUT2D eigenvalue weighted by atomic mass is 35.5. The molecule has 2 aromatic carbocycles. The van der Waals surface area contributed by atoms with Crippen LogP contribution in [0.2, 0.25) is 0 Å². The molecule has 260 valence electrons. The van der Waals surface area contributed by atoms with Crippen LogP contribution in [0.3, 0.4) is 0 Å². The number of carbonyl (C=O) groups is 1. The Kier molecular flexibility index (Phi) is 10.0. The van der Waals surface area contributed by atoms with Crippen molar-refractivity contribution in [3.8, 4) is 5.75 Å². The van der Waals surface area contributed by atoms with E-state index in [9.17, 15) is 9.90 Å². The zero-order valence-electron chi connectivity index (χ0n) is 27.4. The number of aliphatic imine (C=N–C) groups is 1.